The summed E-state index contributed by atoms with van der Waals surface area (Å²) in [5, 5.41) is 2.66. The van der Waals surface area contributed by atoms with E-state index in [-0.39, 0.29) is 5.97 Å². The van der Waals surface area contributed by atoms with E-state index < -0.39 is 0 Å². The van der Waals surface area contributed by atoms with Crippen LogP contribution < -0.4 is 4.90 Å². The molecule has 1 atom stereocenters. The lowest BCUT2D eigenvalue weighted by atomic mass is 10.1. The molecule has 0 radical (unpaired) electrons. The SMILES string of the molecule is CCOC(=O)c1csc(N2CCC(COC)C2)n1. The van der Waals surface area contributed by atoms with Crippen LogP contribution in [-0.2, 0) is 9.47 Å². The number of anilines is 1. The monoisotopic (exact) mass is 270 g/mol. The summed E-state index contributed by atoms with van der Waals surface area (Å²) in [6.07, 6.45) is 1.11. The Morgan fingerprint density at radius 1 is 1.67 bits per heavy atom. The van der Waals surface area contributed by atoms with Crippen molar-refractivity contribution < 1.29 is 14.3 Å². The third kappa shape index (κ3) is 3.00. The number of rotatable bonds is 5. The molecular formula is C12H18N2O3S. The van der Waals surface area contributed by atoms with E-state index in [4.69, 9.17) is 9.47 Å². The maximum atomic E-state index is 11.5. The highest BCUT2D eigenvalue weighted by Crippen LogP contribution is 2.27. The number of ether oxygens (including phenoxy) is 2. The van der Waals surface area contributed by atoms with Gasteiger partial charge < -0.3 is 14.4 Å². The van der Waals surface area contributed by atoms with Crippen LogP contribution in [0.5, 0.6) is 0 Å². The fourth-order valence-corrected chi connectivity index (χ4v) is 2.92. The standard InChI is InChI=1S/C12H18N2O3S/c1-3-17-11(15)10-8-18-12(13-10)14-5-4-9(6-14)7-16-2/h8-9H,3-7H2,1-2H3. The van der Waals surface area contributed by atoms with Crippen molar-refractivity contribution in [1.82, 2.24) is 4.98 Å². The quantitative estimate of drug-likeness (QED) is 0.764. The van der Waals surface area contributed by atoms with Gasteiger partial charge in [0.15, 0.2) is 10.8 Å². The number of esters is 1. The van der Waals surface area contributed by atoms with Gasteiger partial charge >= 0.3 is 5.97 Å². The minimum Gasteiger partial charge on any atom is -0.461 e. The summed E-state index contributed by atoms with van der Waals surface area (Å²) in [6.45, 7) is 4.88. The molecule has 1 saturated heterocycles. The molecule has 1 unspecified atom stereocenters. The molecule has 1 aliphatic heterocycles. The van der Waals surface area contributed by atoms with Crippen molar-refractivity contribution in [1.29, 1.82) is 0 Å². The number of aromatic nitrogens is 1. The van der Waals surface area contributed by atoms with Crippen molar-refractivity contribution in [2.45, 2.75) is 13.3 Å². The number of thiazole rings is 1. The first-order chi connectivity index (χ1) is 8.74. The molecule has 6 heteroatoms. The normalized spacial score (nSPS) is 19.2. The van der Waals surface area contributed by atoms with Crippen molar-refractivity contribution in [3.05, 3.63) is 11.1 Å². The highest BCUT2D eigenvalue weighted by Gasteiger charge is 2.25. The van der Waals surface area contributed by atoms with Gasteiger partial charge in [-0.1, -0.05) is 0 Å². The van der Waals surface area contributed by atoms with Gasteiger partial charge in [-0.05, 0) is 13.3 Å². The number of carbonyl (C=O) groups excluding carboxylic acids is 1. The Hall–Kier alpha value is -1.14. The summed E-state index contributed by atoms with van der Waals surface area (Å²) >= 11 is 1.49. The zero-order chi connectivity index (χ0) is 13.0. The van der Waals surface area contributed by atoms with E-state index in [1.54, 1.807) is 19.4 Å². The number of methoxy groups -OCH3 is 1. The number of nitrogens with zero attached hydrogens (tertiary/aromatic N) is 2. The van der Waals surface area contributed by atoms with Gasteiger partial charge in [0.1, 0.15) is 0 Å². The van der Waals surface area contributed by atoms with Crippen LogP contribution in [0.3, 0.4) is 0 Å². The Morgan fingerprint density at radius 2 is 2.50 bits per heavy atom. The Morgan fingerprint density at radius 3 is 3.22 bits per heavy atom. The van der Waals surface area contributed by atoms with Crippen molar-refractivity contribution >= 4 is 22.4 Å². The van der Waals surface area contributed by atoms with E-state index in [2.05, 4.69) is 9.88 Å². The summed E-state index contributed by atoms with van der Waals surface area (Å²) in [5.41, 5.74) is 0.409. The second-order valence-corrected chi connectivity index (χ2v) is 5.13. The average molecular weight is 270 g/mol. The van der Waals surface area contributed by atoms with Gasteiger partial charge in [0.2, 0.25) is 0 Å². The predicted molar refractivity (Wildman–Crippen MR) is 70.3 cm³/mol. The molecule has 0 bridgehead atoms. The molecule has 0 aromatic carbocycles. The lowest BCUT2D eigenvalue weighted by Crippen LogP contribution is -2.21. The van der Waals surface area contributed by atoms with Crippen molar-refractivity contribution in [3.63, 3.8) is 0 Å². The molecule has 0 saturated carbocycles. The smallest absolute Gasteiger partial charge is 0.357 e. The molecule has 5 nitrogen and oxygen atoms in total. The van der Waals surface area contributed by atoms with E-state index in [9.17, 15) is 4.79 Å². The zero-order valence-electron chi connectivity index (χ0n) is 10.7. The summed E-state index contributed by atoms with van der Waals surface area (Å²) in [5.74, 6) is 0.220. The van der Waals surface area contributed by atoms with Crippen LogP contribution in [0.1, 0.15) is 23.8 Å². The van der Waals surface area contributed by atoms with Crippen LogP contribution in [0.25, 0.3) is 0 Å². The molecule has 0 spiro atoms. The summed E-state index contributed by atoms with van der Waals surface area (Å²) in [7, 11) is 1.73. The molecule has 1 fully saturated rings. The predicted octanol–water partition coefficient (Wildman–Crippen LogP) is 1.79. The van der Waals surface area contributed by atoms with E-state index >= 15 is 0 Å². The van der Waals surface area contributed by atoms with Crippen molar-refractivity contribution in [3.8, 4) is 0 Å². The third-order valence-electron chi connectivity index (χ3n) is 2.94. The first kappa shape index (κ1) is 13.3. The van der Waals surface area contributed by atoms with Crippen molar-refractivity contribution in [2.24, 2.45) is 5.92 Å². The molecule has 2 heterocycles. The minimum absolute atomic E-state index is 0.340. The Labute approximate surface area is 111 Å². The Bertz CT molecular complexity index is 408. The lowest BCUT2D eigenvalue weighted by Gasteiger charge is -2.14. The fourth-order valence-electron chi connectivity index (χ4n) is 2.09. The maximum absolute atomic E-state index is 11.5. The van der Waals surface area contributed by atoms with Gasteiger partial charge in [-0.2, -0.15) is 0 Å². The van der Waals surface area contributed by atoms with Crippen LogP contribution in [0, 0.1) is 5.92 Å². The largest absolute Gasteiger partial charge is 0.461 e. The first-order valence-electron chi connectivity index (χ1n) is 6.11. The van der Waals surface area contributed by atoms with E-state index in [0.29, 0.717) is 18.2 Å². The average Bonchev–Trinajstić information content (AvgIpc) is 2.97. The van der Waals surface area contributed by atoms with Gasteiger partial charge in [-0.25, -0.2) is 9.78 Å². The number of carbonyl (C=O) groups is 1. The summed E-state index contributed by atoms with van der Waals surface area (Å²) in [4.78, 5) is 18.1. The summed E-state index contributed by atoms with van der Waals surface area (Å²) in [6, 6.07) is 0. The molecule has 0 amide bonds. The van der Waals surface area contributed by atoms with Gasteiger partial charge in [-0.3, -0.25) is 0 Å². The van der Waals surface area contributed by atoms with Crippen LogP contribution in [0.15, 0.2) is 5.38 Å². The Kier molecular flexibility index (Phi) is 4.54. The maximum Gasteiger partial charge on any atom is 0.357 e. The van der Waals surface area contributed by atoms with Crippen LogP contribution in [0.2, 0.25) is 0 Å². The molecule has 1 aromatic heterocycles. The van der Waals surface area contributed by atoms with Gasteiger partial charge in [0, 0.05) is 31.5 Å². The van der Waals surface area contributed by atoms with E-state index in [1.807, 2.05) is 0 Å². The number of hydrogen-bond acceptors (Lipinski definition) is 6. The summed E-state index contributed by atoms with van der Waals surface area (Å²) < 4.78 is 10.1. The minimum atomic E-state index is -0.340. The molecule has 18 heavy (non-hydrogen) atoms. The topological polar surface area (TPSA) is 51.7 Å². The highest BCUT2D eigenvalue weighted by molar-refractivity contribution is 7.13. The lowest BCUT2D eigenvalue weighted by molar-refractivity contribution is 0.0520. The van der Waals surface area contributed by atoms with Gasteiger partial charge in [0.05, 0.1) is 13.2 Å². The van der Waals surface area contributed by atoms with Gasteiger partial charge in [-0.15, -0.1) is 11.3 Å². The molecule has 0 aliphatic carbocycles. The fraction of sp³-hybridized carbons (Fsp3) is 0.667. The van der Waals surface area contributed by atoms with Crippen LogP contribution in [-0.4, -0.2) is 44.4 Å². The van der Waals surface area contributed by atoms with Crippen LogP contribution >= 0.6 is 11.3 Å². The third-order valence-corrected chi connectivity index (χ3v) is 3.84. The number of hydrogen-bond donors (Lipinski definition) is 0. The van der Waals surface area contributed by atoms with Gasteiger partial charge in [0.25, 0.3) is 0 Å². The zero-order valence-corrected chi connectivity index (χ0v) is 11.5. The molecule has 1 aromatic rings. The molecule has 0 N–H and O–H groups in total. The first-order valence-corrected chi connectivity index (χ1v) is 6.99. The molecule has 2 rings (SSSR count). The highest BCUT2D eigenvalue weighted by atomic mass is 32.1. The van der Waals surface area contributed by atoms with E-state index in [1.165, 1.54) is 11.3 Å². The van der Waals surface area contributed by atoms with E-state index in [0.717, 1.165) is 31.2 Å². The molecule has 100 valence electrons. The second kappa shape index (κ2) is 6.15. The second-order valence-electron chi connectivity index (χ2n) is 4.29. The van der Waals surface area contributed by atoms with Crippen LogP contribution in [0.4, 0.5) is 5.13 Å². The molecular weight excluding hydrogens is 252 g/mol. The van der Waals surface area contributed by atoms with Crippen molar-refractivity contribution in [2.75, 3.05) is 38.3 Å². The molecule has 1 aliphatic rings. The Balaban J connectivity index is 1.96.